The van der Waals surface area contributed by atoms with Gasteiger partial charge in [0.15, 0.2) is 0 Å². The molecule has 0 heterocycles. The summed E-state index contributed by atoms with van der Waals surface area (Å²) in [4.78, 5) is 23.5. The van der Waals surface area contributed by atoms with Gasteiger partial charge in [-0.1, -0.05) is 36.4 Å². The van der Waals surface area contributed by atoms with Gasteiger partial charge in [-0.05, 0) is 36.6 Å². The van der Waals surface area contributed by atoms with E-state index < -0.39 is 11.9 Å². The first kappa shape index (κ1) is 18.3. The van der Waals surface area contributed by atoms with Crippen molar-refractivity contribution in [2.75, 3.05) is 19.5 Å². The average molecular weight is 339 g/mol. The number of hydrogen-bond donors (Lipinski definition) is 1. The summed E-state index contributed by atoms with van der Waals surface area (Å²) in [6.07, 6.45) is 1.07. The van der Waals surface area contributed by atoms with E-state index in [0.717, 1.165) is 17.2 Å². The molecule has 5 nitrogen and oxygen atoms in total. The largest absolute Gasteiger partial charge is 0.466 e. The molecular weight excluding hydrogens is 318 g/mol. The summed E-state index contributed by atoms with van der Waals surface area (Å²) in [5.74, 6) is -1.29. The van der Waals surface area contributed by atoms with Gasteiger partial charge in [-0.15, -0.1) is 0 Å². The topological polar surface area (TPSA) is 64.6 Å². The van der Waals surface area contributed by atoms with E-state index in [4.69, 9.17) is 4.74 Å². The minimum Gasteiger partial charge on any atom is -0.466 e. The van der Waals surface area contributed by atoms with Crippen LogP contribution in [0.25, 0.3) is 11.1 Å². The number of para-hydroxylation sites is 1. The number of rotatable bonds is 5. The fraction of sp³-hybridized carbons (Fsp3) is 0.200. The molecule has 0 fully saturated rings. The van der Waals surface area contributed by atoms with Crippen LogP contribution >= 0.6 is 0 Å². The standard InChI is InChI=1S/C20H21NO4/c1-13-9-10-15(11-14(13)2)16-7-5-6-8-17(16)21-18(20(23)25-4)12-19(22)24-3/h5-12,21H,1-4H3/b18-12+. The molecule has 1 N–H and O–H groups in total. The molecule has 25 heavy (non-hydrogen) atoms. The van der Waals surface area contributed by atoms with E-state index in [1.54, 1.807) is 0 Å². The third-order valence-electron chi connectivity index (χ3n) is 3.88. The molecule has 0 aliphatic carbocycles. The molecule has 0 atom stereocenters. The summed E-state index contributed by atoms with van der Waals surface area (Å²) < 4.78 is 9.33. The van der Waals surface area contributed by atoms with Crippen LogP contribution in [-0.4, -0.2) is 26.2 Å². The lowest BCUT2D eigenvalue weighted by molar-refractivity contribution is -0.138. The predicted molar refractivity (Wildman–Crippen MR) is 97.1 cm³/mol. The number of benzene rings is 2. The van der Waals surface area contributed by atoms with Crippen LogP contribution in [0.4, 0.5) is 5.69 Å². The number of ether oxygens (including phenoxy) is 2. The van der Waals surface area contributed by atoms with Crippen molar-refractivity contribution in [3.05, 3.63) is 65.4 Å². The second-order valence-electron chi connectivity index (χ2n) is 5.54. The molecule has 0 spiro atoms. The Morgan fingerprint density at radius 1 is 0.960 bits per heavy atom. The molecule has 0 amide bonds. The molecule has 2 aromatic carbocycles. The molecule has 130 valence electrons. The average Bonchev–Trinajstić information content (AvgIpc) is 2.63. The Hall–Kier alpha value is -3.08. The minimum atomic E-state index is -0.653. The highest BCUT2D eigenvalue weighted by molar-refractivity contribution is 5.99. The van der Waals surface area contributed by atoms with Crippen LogP contribution < -0.4 is 5.32 Å². The van der Waals surface area contributed by atoms with Crippen LogP contribution in [0.15, 0.2) is 54.2 Å². The molecule has 0 unspecified atom stereocenters. The van der Waals surface area contributed by atoms with Gasteiger partial charge in [0.25, 0.3) is 0 Å². The van der Waals surface area contributed by atoms with Crippen LogP contribution in [-0.2, 0) is 19.1 Å². The Kier molecular flexibility index (Phi) is 5.95. The predicted octanol–water partition coefficient (Wildman–Crippen LogP) is 3.61. The Balaban J connectivity index is 2.45. The number of nitrogens with one attached hydrogen (secondary N) is 1. The van der Waals surface area contributed by atoms with Gasteiger partial charge in [-0.2, -0.15) is 0 Å². The third kappa shape index (κ3) is 4.47. The Labute approximate surface area is 147 Å². The van der Waals surface area contributed by atoms with Crippen LogP contribution in [0.2, 0.25) is 0 Å². The number of esters is 2. The first-order valence-electron chi connectivity index (χ1n) is 7.78. The third-order valence-corrected chi connectivity index (χ3v) is 3.88. The minimum absolute atomic E-state index is 0.00522. The maximum atomic E-state index is 12.0. The highest BCUT2D eigenvalue weighted by Gasteiger charge is 2.15. The maximum Gasteiger partial charge on any atom is 0.354 e. The van der Waals surface area contributed by atoms with Crippen molar-refractivity contribution in [3.63, 3.8) is 0 Å². The quantitative estimate of drug-likeness (QED) is 0.666. The first-order valence-corrected chi connectivity index (χ1v) is 7.78. The second kappa shape index (κ2) is 8.15. The van der Waals surface area contributed by atoms with Crippen molar-refractivity contribution in [1.29, 1.82) is 0 Å². The van der Waals surface area contributed by atoms with Crippen molar-refractivity contribution in [2.24, 2.45) is 0 Å². The highest BCUT2D eigenvalue weighted by Crippen LogP contribution is 2.30. The van der Waals surface area contributed by atoms with Crippen LogP contribution in [0.3, 0.4) is 0 Å². The summed E-state index contributed by atoms with van der Waals surface area (Å²) in [7, 11) is 2.50. The lowest BCUT2D eigenvalue weighted by Gasteiger charge is -2.14. The zero-order chi connectivity index (χ0) is 18.4. The molecule has 0 bridgehead atoms. The smallest absolute Gasteiger partial charge is 0.354 e. The highest BCUT2D eigenvalue weighted by atomic mass is 16.5. The van der Waals surface area contributed by atoms with Crippen molar-refractivity contribution < 1.29 is 19.1 Å². The molecule has 2 rings (SSSR count). The second-order valence-corrected chi connectivity index (χ2v) is 5.54. The zero-order valence-electron chi connectivity index (χ0n) is 14.8. The van der Waals surface area contributed by atoms with Gasteiger partial charge in [-0.3, -0.25) is 0 Å². The van der Waals surface area contributed by atoms with Crippen molar-refractivity contribution >= 4 is 17.6 Å². The molecule has 2 aromatic rings. The Morgan fingerprint density at radius 3 is 2.32 bits per heavy atom. The summed E-state index contributed by atoms with van der Waals surface area (Å²) in [5.41, 5.74) is 4.98. The first-order chi connectivity index (χ1) is 12.0. The van der Waals surface area contributed by atoms with Crippen LogP contribution in [0.5, 0.6) is 0 Å². The van der Waals surface area contributed by atoms with Crippen LogP contribution in [0.1, 0.15) is 11.1 Å². The summed E-state index contributed by atoms with van der Waals surface area (Å²) in [6, 6.07) is 13.7. The van der Waals surface area contributed by atoms with E-state index in [1.165, 1.54) is 25.3 Å². The number of carbonyl (C=O) groups is 2. The van der Waals surface area contributed by atoms with Gasteiger partial charge >= 0.3 is 11.9 Å². The fourth-order valence-corrected chi connectivity index (χ4v) is 2.33. The van der Waals surface area contributed by atoms with Crippen molar-refractivity contribution in [1.82, 2.24) is 0 Å². The number of anilines is 1. The number of carbonyl (C=O) groups excluding carboxylic acids is 2. The van der Waals surface area contributed by atoms with Gasteiger partial charge in [0.1, 0.15) is 5.70 Å². The molecule has 0 saturated carbocycles. The molecule has 0 aliphatic rings. The number of hydrogen-bond acceptors (Lipinski definition) is 5. The molecule has 0 saturated heterocycles. The zero-order valence-corrected chi connectivity index (χ0v) is 14.8. The van der Waals surface area contributed by atoms with Gasteiger partial charge in [0.05, 0.1) is 20.3 Å². The lowest BCUT2D eigenvalue weighted by Crippen LogP contribution is -2.15. The summed E-state index contributed by atoms with van der Waals surface area (Å²) in [6.45, 7) is 4.10. The Bertz CT molecular complexity index is 824. The SMILES string of the molecule is COC(=O)/C=C(/Nc1ccccc1-c1ccc(C)c(C)c1)C(=O)OC. The number of aryl methyl sites for hydroxylation is 2. The number of methoxy groups -OCH3 is 2. The Morgan fingerprint density at radius 2 is 1.68 bits per heavy atom. The van der Waals surface area contributed by atoms with Crippen LogP contribution in [0, 0.1) is 13.8 Å². The molecule has 5 heteroatoms. The van der Waals surface area contributed by atoms with E-state index in [2.05, 4.69) is 23.0 Å². The van der Waals surface area contributed by atoms with E-state index in [1.807, 2.05) is 43.3 Å². The van der Waals surface area contributed by atoms with E-state index in [9.17, 15) is 9.59 Å². The van der Waals surface area contributed by atoms with Gasteiger partial charge < -0.3 is 14.8 Å². The fourth-order valence-electron chi connectivity index (χ4n) is 2.33. The van der Waals surface area contributed by atoms with Crippen molar-refractivity contribution in [2.45, 2.75) is 13.8 Å². The van der Waals surface area contributed by atoms with E-state index >= 15 is 0 Å². The van der Waals surface area contributed by atoms with E-state index in [-0.39, 0.29) is 5.70 Å². The molecule has 0 aromatic heterocycles. The van der Waals surface area contributed by atoms with Gasteiger partial charge in [0, 0.05) is 11.3 Å². The van der Waals surface area contributed by atoms with E-state index in [0.29, 0.717) is 5.69 Å². The summed E-state index contributed by atoms with van der Waals surface area (Å²) >= 11 is 0. The normalized spacial score (nSPS) is 11.0. The lowest BCUT2D eigenvalue weighted by atomic mass is 9.99. The van der Waals surface area contributed by atoms with Gasteiger partial charge in [-0.25, -0.2) is 9.59 Å². The molecule has 0 radical (unpaired) electrons. The molecular formula is C20H21NO4. The molecule has 0 aliphatic heterocycles. The van der Waals surface area contributed by atoms with Gasteiger partial charge in [0.2, 0.25) is 0 Å². The monoisotopic (exact) mass is 339 g/mol. The van der Waals surface area contributed by atoms with Crippen molar-refractivity contribution in [3.8, 4) is 11.1 Å². The maximum absolute atomic E-state index is 12.0. The summed E-state index contributed by atoms with van der Waals surface area (Å²) in [5, 5.41) is 2.98.